The van der Waals surface area contributed by atoms with Gasteiger partial charge in [-0.1, -0.05) is 23.2 Å². The highest BCUT2D eigenvalue weighted by Crippen LogP contribution is 2.36. The summed E-state index contributed by atoms with van der Waals surface area (Å²) in [4.78, 5) is 0.298. The topological polar surface area (TPSA) is 46.2 Å². The predicted octanol–water partition coefficient (Wildman–Crippen LogP) is 4.63. The summed E-state index contributed by atoms with van der Waals surface area (Å²) in [5.74, 6) is 0. The standard InChI is InChI=1S/C13H13Cl2NO2S2/c1-8(11-7-12(14)19-13(11)15)16-9-3-5-10(6-4-9)20(2,17)18/h3-8,16H,1-2H3. The lowest BCUT2D eigenvalue weighted by Gasteiger charge is -2.15. The third-order valence-corrected chi connectivity index (χ3v) is 5.46. The molecule has 0 aliphatic carbocycles. The normalized spacial score (nSPS) is 13.2. The maximum Gasteiger partial charge on any atom is 0.175 e. The first-order valence-electron chi connectivity index (χ1n) is 5.79. The third-order valence-electron chi connectivity index (χ3n) is 2.82. The number of nitrogens with one attached hydrogen (secondary N) is 1. The van der Waals surface area contributed by atoms with Crippen molar-refractivity contribution in [1.29, 1.82) is 0 Å². The number of benzene rings is 1. The molecule has 3 nitrogen and oxygen atoms in total. The molecule has 0 aliphatic rings. The van der Waals surface area contributed by atoms with Crippen molar-refractivity contribution in [2.45, 2.75) is 17.9 Å². The Kier molecular flexibility index (Phi) is 4.64. The van der Waals surface area contributed by atoms with Crippen molar-refractivity contribution in [2.75, 3.05) is 11.6 Å². The molecule has 108 valence electrons. The molecule has 0 radical (unpaired) electrons. The number of halogens is 2. The Morgan fingerprint density at radius 2 is 1.80 bits per heavy atom. The van der Waals surface area contributed by atoms with Crippen LogP contribution in [-0.4, -0.2) is 14.7 Å². The molecule has 1 unspecified atom stereocenters. The molecule has 1 N–H and O–H groups in total. The Hall–Kier alpha value is -0.750. The van der Waals surface area contributed by atoms with E-state index < -0.39 is 9.84 Å². The number of rotatable bonds is 4. The minimum absolute atomic E-state index is 0.0182. The fourth-order valence-electron chi connectivity index (χ4n) is 1.77. The summed E-state index contributed by atoms with van der Waals surface area (Å²) in [6.07, 6.45) is 1.19. The van der Waals surface area contributed by atoms with Gasteiger partial charge in [-0.25, -0.2) is 8.42 Å². The number of sulfone groups is 1. The Morgan fingerprint density at radius 1 is 1.20 bits per heavy atom. The van der Waals surface area contributed by atoms with Crippen LogP contribution in [0.25, 0.3) is 0 Å². The summed E-state index contributed by atoms with van der Waals surface area (Å²) in [7, 11) is -3.17. The zero-order valence-corrected chi connectivity index (χ0v) is 14.0. The van der Waals surface area contributed by atoms with Gasteiger partial charge in [0.2, 0.25) is 0 Å². The molecule has 2 rings (SSSR count). The van der Waals surface area contributed by atoms with Gasteiger partial charge in [0.1, 0.15) is 0 Å². The van der Waals surface area contributed by atoms with E-state index >= 15 is 0 Å². The van der Waals surface area contributed by atoms with Gasteiger partial charge >= 0.3 is 0 Å². The van der Waals surface area contributed by atoms with Crippen molar-refractivity contribution in [3.05, 3.63) is 44.6 Å². The summed E-state index contributed by atoms with van der Waals surface area (Å²) in [6.45, 7) is 1.97. The fourth-order valence-corrected chi connectivity index (χ4v) is 4.05. The van der Waals surface area contributed by atoms with E-state index in [-0.39, 0.29) is 6.04 Å². The Balaban J connectivity index is 2.16. The van der Waals surface area contributed by atoms with Gasteiger partial charge in [-0.2, -0.15) is 0 Å². The largest absolute Gasteiger partial charge is 0.378 e. The van der Waals surface area contributed by atoms with Gasteiger partial charge in [0.25, 0.3) is 0 Å². The average Bonchev–Trinajstić information content (AvgIpc) is 2.68. The van der Waals surface area contributed by atoms with E-state index in [1.165, 1.54) is 17.6 Å². The first-order valence-corrected chi connectivity index (χ1v) is 9.25. The minimum atomic E-state index is -3.17. The maximum absolute atomic E-state index is 11.4. The van der Waals surface area contributed by atoms with E-state index in [0.717, 1.165) is 11.3 Å². The Bertz CT molecular complexity index is 708. The summed E-state index contributed by atoms with van der Waals surface area (Å²) in [5, 5.41) is 3.26. The van der Waals surface area contributed by atoms with E-state index in [4.69, 9.17) is 23.2 Å². The highest BCUT2D eigenvalue weighted by Gasteiger charge is 2.13. The van der Waals surface area contributed by atoms with Crippen molar-refractivity contribution in [3.8, 4) is 0 Å². The van der Waals surface area contributed by atoms with Gasteiger partial charge in [-0.05, 0) is 37.3 Å². The third kappa shape index (κ3) is 3.67. The average molecular weight is 350 g/mol. The van der Waals surface area contributed by atoms with Crippen LogP contribution in [0.15, 0.2) is 35.2 Å². The molecule has 1 aromatic heterocycles. The molecular formula is C13H13Cl2NO2S2. The summed E-state index contributed by atoms with van der Waals surface area (Å²) >= 11 is 13.4. The molecular weight excluding hydrogens is 337 g/mol. The Labute approximate surface area is 132 Å². The van der Waals surface area contributed by atoms with Crippen LogP contribution < -0.4 is 5.32 Å². The zero-order chi connectivity index (χ0) is 14.9. The van der Waals surface area contributed by atoms with Crippen molar-refractivity contribution in [3.63, 3.8) is 0 Å². The van der Waals surface area contributed by atoms with Gasteiger partial charge in [0.15, 0.2) is 9.84 Å². The number of anilines is 1. The summed E-state index contributed by atoms with van der Waals surface area (Å²) < 4.78 is 24.1. The van der Waals surface area contributed by atoms with E-state index in [1.807, 2.05) is 13.0 Å². The number of hydrogen-bond donors (Lipinski definition) is 1. The second-order valence-corrected chi connectivity index (χ2v) is 8.74. The van der Waals surface area contributed by atoms with E-state index in [1.54, 1.807) is 24.3 Å². The molecule has 1 heterocycles. The smallest absolute Gasteiger partial charge is 0.175 e. The van der Waals surface area contributed by atoms with Gasteiger partial charge in [0.05, 0.1) is 19.6 Å². The fraction of sp³-hybridized carbons (Fsp3) is 0.231. The first-order chi connectivity index (χ1) is 9.27. The van der Waals surface area contributed by atoms with Crippen LogP contribution in [0.3, 0.4) is 0 Å². The second-order valence-electron chi connectivity index (χ2n) is 4.44. The van der Waals surface area contributed by atoms with Crippen molar-refractivity contribution in [1.82, 2.24) is 0 Å². The number of thiophene rings is 1. The van der Waals surface area contributed by atoms with Crippen molar-refractivity contribution < 1.29 is 8.42 Å². The van der Waals surface area contributed by atoms with Crippen molar-refractivity contribution in [2.24, 2.45) is 0 Å². The van der Waals surface area contributed by atoms with Gasteiger partial charge in [-0.15, -0.1) is 11.3 Å². The van der Waals surface area contributed by atoms with Crippen LogP contribution in [0.2, 0.25) is 8.67 Å². The quantitative estimate of drug-likeness (QED) is 0.874. The Morgan fingerprint density at radius 3 is 2.25 bits per heavy atom. The SMILES string of the molecule is CC(Nc1ccc(S(C)(=O)=O)cc1)c1cc(Cl)sc1Cl. The van der Waals surface area contributed by atoms with Gasteiger partial charge < -0.3 is 5.32 Å². The molecule has 0 saturated carbocycles. The zero-order valence-electron chi connectivity index (χ0n) is 10.9. The van der Waals surface area contributed by atoms with Crippen molar-refractivity contribution >= 4 is 50.1 Å². The first kappa shape index (κ1) is 15.6. The maximum atomic E-state index is 11.4. The lowest BCUT2D eigenvalue weighted by atomic mass is 10.1. The van der Waals surface area contributed by atoms with Gasteiger partial charge in [0, 0.05) is 17.5 Å². The number of hydrogen-bond acceptors (Lipinski definition) is 4. The molecule has 0 amide bonds. The van der Waals surface area contributed by atoms with Crippen LogP contribution in [0.4, 0.5) is 5.69 Å². The molecule has 1 aromatic carbocycles. The van der Waals surface area contributed by atoms with E-state index in [0.29, 0.717) is 13.6 Å². The molecule has 7 heteroatoms. The summed E-state index contributed by atoms with van der Waals surface area (Å²) in [5.41, 5.74) is 1.75. The molecule has 0 saturated heterocycles. The molecule has 2 aromatic rings. The summed E-state index contributed by atoms with van der Waals surface area (Å²) in [6, 6.07) is 8.43. The molecule has 0 aliphatic heterocycles. The van der Waals surface area contributed by atoms with E-state index in [9.17, 15) is 8.42 Å². The van der Waals surface area contributed by atoms with Gasteiger partial charge in [-0.3, -0.25) is 0 Å². The van der Waals surface area contributed by atoms with Crippen LogP contribution in [0.1, 0.15) is 18.5 Å². The minimum Gasteiger partial charge on any atom is -0.378 e. The van der Waals surface area contributed by atoms with Crippen LogP contribution in [-0.2, 0) is 9.84 Å². The van der Waals surface area contributed by atoms with Crippen LogP contribution in [0.5, 0.6) is 0 Å². The lowest BCUT2D eigenvalue weighted by molar-refractivity contribution is 0.602. The highest BCUT2D eigenvalue weighted by molar-refractivity contribution is 7.90. The molecule has 0 spiro atoms. The van der Waals surface area contributed by atoms with Crippen LogP contribution >= 0.6 is 34.5 Å². The second kappa shape index (κ2) is 5.93. The lowest BCUT2D eigenvalue weighted by Crippen LogP contribution is -2.06. The molecule has 0 bridgehead atoms. The molecule has 20 heavy (non-hydrogen) atoms. The monoisotopic (exact) mass is 349 g/mol. The molecule has 1 atom stereocenters. The van der Waals surface area contributed by atoms with E-state index in [2.05, 4.69) is 5.32 Å². The highest BCUT2D eigenvalue weighted by atomic mass is 35.5. The predicted molar refractivity (Wildman–Crippen MR) is 85.9 cm³/mol. The molecule has 0 fully saturated rings. The van der Waals surface area contributed by atoms with Crippen LogP contribution in [0, 0.1) is 0 Å².